The number of amides is 1. The number of halogens is 1. The van der Waals surface area contributed by atoms with Crippen molar-refractivity contribution in [3.8, 4) is 11.1 Å². The quantitative estimate of drug-likeness (QED) is 0.924. The second-order valence-electron chi connectivity index (χ2n) is 5.17. The van der Waals surface area contributed by atoms with E-state index in [-0.39, 0.29) is 0 Å². The lowest BCUT2D eigenvalue weighted by Gasteiger charge is -2.33. The van der Waals surface area contributed by atoms with Crippen molar-refractivity contribution in [1.29, 1.82) is 0 Å². The third kappa shape index (κ3) is 3.14. The number of hydrogen-bond acceptors (Lipinski definition) is 3. The molecule has 2 aromatic rings. The lowest BCUT2D eigenvalue weighted by atomic mass is 10.1. The molecule has 0 saturated carbocycles. The Balaban J connectivity index is 1.70. The van der Waals surface area contributed by atoms with E-state index in [1.54, 1.807) is 0 Å². The van der Waals surface area contributed by atoms with E-state index in [0.717, 1.165) is 16.9 Å². The molecule has 22 heavy (non-hydrogen) atoms. The summed E-state index contributed by atoms with van der Waals surface area (Å²) < 4.78 is 0. The van der Waals surface area contributed by atoms with Gasteiger partial charge < -0.3 is 14.9 Å². The van der Waals surface area contributed by atoms with Crippen LogP contribution in [0.15, 0.2) is 42.6 Å². The highest BCUT2D eigenvalue weighted by molar-refractivity contribution is 6.30. The molecular formula is C16H16ClN3O2. The van der Waals surface area contributed by atoms with E-state index in [2.05, 4.69) is 9.88 Å². The molecular weight excluding hydrogens is 302 g/mol. The highest BCUT2D eigenvalue weighted by Gasteiger charge is 2.20. The van der Waals surface area contributed by atoms with Crippen LogP contribution in [-0.2, 0) is 0 Å². The fraction of sp³-hybridized carbons (Fsp3) is 0.250. The van der Waals surface area contributed by atoms with Crippen molar-refractivity contribution in [2.24, 2.45) is 0 Å². The molecule has 0 radical (unpaired) electrons. The Labute approximate surface area is 133 Å². The van der Waals surface area contributed by atoms with Crippen molar-refractivity contribution in [2.45, 2.75) is 0 Å². The standard InChI is InChI=1S/C16H16ClN3O2/c17-14-4-1-12(2-5-14)13-3-6-15(18-11-13)19-7-9-20(10-8-19)16(21)22/h1-6,11H,7-10H2,(H,21,22). The Morgan fingerprint density at radius 3 is 2.18 bits per heavy atom. The number of carbonyl (C=O) groups is 1. The summed E-state index contributed by atoms with van der Waals surface area (Å²) in [6.45, 7) is 2.35. The van der Waals surface area contributed by atoms with Crippen molar-refractivity contribution < 1.29 is 9.90 Å². The maximum atomic E-state index is 10.9. The van der Waals surface area contributed by atoms with E-state index in [1.165, 1.54) is 4.90 Å². The molecule has 1 aromatic heterocycles. The molecule has 1 saturated heterocycles. The maximum absolute atomic E-state index is 10.9. The van der Waals surface area contributed by atoms with Crippen LogP contribution in [0.2, 0.25) is 5.02 Å². The first-order chi connectivity index (χ1) is 10.6. The van der Waals surface area contributed by atoms with Crippen LogP contribution in [0.1, 0.15) is 0 Å². The van der Waals surface area contributed by atoms with Gasteiger partial charge in [-0.3, -0.25) is 0 Å². The summed E-state index contributed by atoms with van der Waals surface area (Å²) in [6.07, 6.45) is 0.980. The molecule has 114 valence electrons. The van der Waals surface area contributed by atoms with Gasteiger partial charge in [-0.25, -0.2) is 9.78 Å². The number of piperazine rings is 1. The van der Waals surface area contributed by atoms with Gasteiger partial charge in [-0.15, -0.1) is 0 Å². The average molecular weight is 318 g/mol. The fourth-order valence-electron chi connectivity index (χ4n) is 2.51. The molecule has 5 nitrogen and oxygen atoms in total. The van der Waals surface area contributed by atoms with Crippen LogP contribution in [-0.4, -0.2) is 47.3 Å². The van der Waals surface area contributed by atoms with Gasteiger partial charge in [0, 0.05) is 43.0 Å². The number of hydrogen-bond donors (Lipinski definition) is 1. The van der Waals surface area contributed by atoms with Crippen LogP contribution >= 0.6 is 11.6 Å². The van der Waals surface area contributed by atoms with Crippen LogP contribution in [0, 0.1) is 0 Å². The highest BCUT2D eigenvalue weighted by atomic mass is 35.5. The number of carboxylic acid groups (broad SMARTS) is 1. The zero-order valence-electron chi connectivity index (χ0n) is 11.9. The summed E-state index contributed by atoms with van der Waals surface area (Å²) in [5.74, 6) is 0.878. The Morgan fingerprint density at radius 2 is 1.64 bits per heavy atom. The van der Waals surface area contributed by atoms with Crippen molar-refractivity contribution >= 4 is 23.5 Å². The molecule has 1 aliphatic rings. The predicted molar refractivity (Wildman–Crippen MR) is 86.5 cm³/mol. The van der Waals surface area contributed by atoms with E-state index in [0.29, 0.717) is 31.2 Å². The zero-order valence-corrected chi connectivity index (χ0v) is 12.7. The molecule has 0 unspecified atom stereocenters. The molecule has 1 fully saturated rings. The maximum Gasteiger partial charge on any atom is 0.407 e. The molecule has 1 amide bonds. The zero-order chi connectivity index (χ0) is 15.5. The monoisotopic (exact) mass is 317 g/mol. The average Bonchev–Trinajstić information content (AvgIpc) is 2.56. The van der Waals surface area contributed by atoms with Gasteiger partial charge in [0.25, 0.3) is 0 Å². The summed E-state index contributed by atoms with van der Waals surface area (Å²) in [4.78, 5) is 18.9. The van der Waals surface area contributed by atoms with E-state index in [4.69, 9.17) is 16.7 Å². The minimum atomic E-state index is -0.856. The molecule has 1 N–H and O–H groups in total. The largest absolute Gasteiger partial charge is 0.465 e. The van der Waals surface area contributed by atoms with E-state index in [1.807, 2.05) is 42.6 Å². The Morgan fingerprint density at radius 1 is 1.00 bits per heavy atom. The highest BCUT2D eigenvalue weighted by Crippen LogP contribution is 2.23. The van der Waals surface area contributed by atoms with E-state index < -0.39 is 6.09 Å². The number of rotatable bonds is 2. The predicted octanol–water partition coefficient (Wildman–Crippen LogP) is 3.20. The van der Waals surface area contributed by atoms with Gasteiger partial charge in [0.1, 0.15) is 5.82 Å². The second kappa shape index (κ2) is 6.23. The third-order valence-electron chi connectivity index (χ3n) is 3.80. The van der Waals surface area contributed by atoms with E-state index >= 15 is 0 Å². The summed E-state index contributed by atoms with van der Waals surface area (Å²) in [7, 11) is 0. The van der Waals surface area contributed by atoms with Crippen LogP contribution in [0.3, 0.4) is 0 Å². The molecule has 6 heteroatoms. The Bertz CT molecular complexity index is 650. The smallest absolute Gasteiger partial charge is 0.407 e. The topological polar surface area (TPSA) is 56.7 Å². The fourth-order valence-corrected chi connectivity index (χ4v) is 2.64. The number of benzene rings is 1. The van der Waals surface area contributed by atoms with Crippen molar-refractivity contribution in [3.63, 3.8) is 0 Å². The summed E-state index contributed by atoms with van der Waals surface area (Å²) in [5.41, 5.74) is 2.10. The molecule has 3 rings (SSSR count). The van der Waals surface area contributed by atoms with Crippen molar-refractivity contribution in [1.82, 2.24) is 9.88 Å². The lowest BCUT2D eigenvalue weighted by Crippen LogP contribution is -2.48. The Hall–Kier alpha value is -2.27. The van der Waals surface area contributed by atoms with Crippen LogP contribution < -0.4 is 4.90 Å². The minimum absolute atomic E-state index is 0.510. The lowest BCUT2D eigenvalue weighted by molar-refractivity contribution is 0.142. The molecule has 1 aromatic carbocycles. The number of anilines is 1. The molecule has 0 bridgehead atoms. The summed E-state index contributed by atoms with van der Waals surface area (Å²) in [5, 5.41) is 9.67. The van der Waals surface area contributed by atoms with Gasteiger partial charge in [0.15, 0.2) is 0 Å². The van der Waals surface area contributed by atoms with Gasteiger partial charge in [0.05, 0.1) is 0 Å². The summed E-state index contributed by atoms with van der Waals surface area (Å²) in [6, 6.07) is 11.6. The van der Waals surface area contributed by atoms with Gasteiger partial charge in [-0.2, -0.15) is 0 Å². The van der Waals surface area contributed by atoms with Gasteiger partial charge >= 0.3 is 6.09 Å². The molecule has 0 atom stereocenters. The number of aromatic nitrogens is 1. The van der Waals surface area contributed by atoms with E-state index in [9.17, 15) is 4.79 Å². The molecule has 0 aliphatic carbocycles. The number of nitrogens with zero attached hydrogens (tertiary/aromatic N) is 3. The summed E-state index contributed by atoms with van der Waals surface area (Å²) >= 11 is 5.89. The normalized spacial score (nSPS) is 15.0. The minimum Gasteiger partial charge on any atom is -0.465 e. The first-order valence-corrected chi connectivity index (χ1v) is 7.46. The van der Waals surface area contributed by atoms with Gasteiger partial charge in [-0.1, -0.05) is 23.7 Å². The Kier molecular flexibility index (Phi) is 4.15. The van der Waals surface area contributed by atoms with Crippen molar-refractivity contribution in [3.05, 3.63) is 47.6 Å². The van der Waals surface area contributed by atoms with Crippen LogP contribution in [0.25, 0.3) is 11.1 Å². The van der Waals surface area contributed by atoms with Gasteiger partial charge in [0.2, 0.25) is 0 Å². The van der Waals surface area contributed by atoms with Crippen LogP contribution in [0.4, 0.5) is 10.6 Å². The van der Waals surface area contributed by atoms with Gasteiger partial charge in [-0.05, 0) is 29.8 Å². The van der Waals surface area contributed by atoms with Crippen molar-refractivity contribution in [2.75, 3.05) is 31.1 Å². The third-order valence-corrected chi connectivity index (χ3v) is 4.05. The SMILES string of the molecule is O=C(O)N1CCN(c2ccc(-c3ccc(Cl)cc3)cn2)CC1. The second-order valence-corrected chi connectivity index (χ2v) is 5.61. The molecule has 2 heterocycles. The number of pyridine rings is 1. The molecule has 0 spiro atoms. The molecule has 1 aliphatic heterocycles. The van der Waals surface area contributed by atoms with Crippen LogP contribution in [0.5, 0.6) is 0 Å². The first kappa shape index (κ1) is 14.7. The first-order valence-electron chi connectivity index (χ1n) is 7.08.